The van der Waals surface area contributed by atoms with Crippen molar-refractivity contribution in [2.75, 3.05) is 39.4 Å². The number of rotatable bonds is 3. The van der Waals surface area contributed by atoms with Gasteiger partial charge in [-0.3, -0.25) is 9.59 Å². The zero-order chi connectivity index (χ0) is 16.4. The van der Waals surface area contributed by atoms with Gasteiger partial charge in [0.25, 0.3) is 0 Å². The summed E-state index contributed by atoms with van der Waals surface area (Å²) in [6.45, 7) is 5.53. The fraction of sp³-hybridized carbons (Fsp3) is 0.882. The van der Waals surface area contributed by atoms with Gasteiger partial charge in [-0.25, -0.2) is 0 Å². The number of piperidine rings is 1. The first-order valence-corrected chi connectivity index (χ1v) is 8.86. The molecule has 2 unspecified atom stereocenters. The molecule has 2 amide bonds. The Bertz CT molecular complexity index is 464. The van der Waals surface area contributed by atoms with Gasteiger partial charge in [0.1, 0.15) is 0 Å². The summed E-state index contributed by atoms with van der Waals surface area (Å²) in [6.07, 6.45) is 3.84. The number of likely N-dealkylation sites (tertiary alicyclic amines) is 2. The maximum absolute atomic E-state index is 12.5. The van der Waals surface area contributed by atoms with Crippen molar-refractivity contribution >= 4 is 11.8 Å². The van der Waals surface area contributed by atoms with E-state index in [2.05, 4.69) is 0 Å². The molecule has 0 aromatic carbocycles. The quantitative estimate of drug-likeness (QED) is 0.827. The maximum Gasteiger partial charge on any atom is 0.242 e. The van der Waals surface area contributed by atoms with Gasteiger partial charge in [-0.1, -0.05) is 6.92 Å². The molecule has 3 rings (SSSR count). The summed E-state index contributed by atoms with van der Waals surface area (Å²) in [4.78, 5) is 27.6. The van der Waals surface area contributed by atoms with Crippen LogP contribution in [-0.2, 0) is 14.3 Å². The number of hydrogen-bond acceptors (Lipinski definition) is 4. The van der Waals surface area contributed by atoms with Crippen molar-refractivity contribution in [2.45, 2.75) is 44.6 Å². The van der Waals surface area contributed by atoms with E-state index in [1.165, 1.54) is 0 Å². The first kappa shape index (κ1) is 16.7. The highest BCUT2D eigenvalue weighted by Gasteiger charge is 2.46. The molecule has 0 aliphatic carbocycles. The highest BCUT2D eigenvalue weighted by Crippen LogP contribution is 2.39. The lowest BCUT2D eigenvalue weighted by atomic mass is 9.70. The van der Waals surface area contributed by atoms with E-state index >= 15 is 0 Å². The Kier molecular flexibility index (Phi) is 4.92. The summed E-state index contributed by atoms with van der Waals surface area (Å²) in [5, 5.41) is 11.1. The Morgan fingerprint density at radius 1 is 1.35 bits per heavy atom. The zero-order valence-electron chi connectivity index (χ0n) is 14.0. The Morgan fingerprint density at radius 2 is 2.09 bits per heavy atom. The minimum absolute atomic E-state index is 0.0149. The minimum atomic E-state index is -0.690. The summed E-state index contributed by atoms with van der Waals surface area (Å²) in [7, 11) is 0. The highest BCUT2D eigenvalue weighted by atomic mass is 16.5. The molecule has 0 aromatic heterocycles. The standard InChI is InChI=1S/C17H28N2O4/c1-13-11-19(16(21)12-18-7-2-3-15(18)20)8-6-17(13,22)14-4-9-23-10-5-14/h13-14,22H,2-12H2,1H3. The van der Waals surface area contributed by atoms with E-state index in [1.54, 1.807) is 4.90 Å². The normalized spacial score (nSPS) is 33.3. The molecule has 130 valence electrons. The fourth-order valence-corrected chi connectivity index (χ4v) is 4.31. The third kappa shape index (κ3) is 3.38. The van der Waals surface area contributed by atoms with Crippen LogP contribution in [-0.4, -0.2) is 71.7 Å². The van der Waals surface area contributed by atoms with Crippen LogP contribution in [0.25, 0.3) is 0 Å². The molecule has 6 heteroatoms. The molecule has 3 fully saturated rings. The topological polar surface area (TPSA) is 70.1 Å². The van der Waals surface area contributed by atoms with E-state index < -0.39 is 5.60 Å². The summed E-state index contributed by atoms with van der Waals surface area (Å²) in [6, 6.07) is 0. The second kappa shape index (κ2) is 6.77. The molecule has 3 aliphatic heterocycles. The molecule has 0 saturated carbocycles. The van der Waals surface area contributed by atoms with E-state index in [-0.39, 0.29) is 30.2 Å². The number of ether oxygens (including phenoxy) is 1. The van der Waals surface area contributed by atoms with Crippen molar-refractivity contribution < 1.29 is 19.4 Å². The summed E-state index contributed by atoms with van der Waals surface area (Å²) < 4.78 is 5.40. The molecule has 23 heavy (non-hydrogen) atoms. The van der Waals surface area contributed by atoms with Crippen LogP contribution in [0.1, 0.15) is 39.0 Å². The molecular weight excluding hydrogens is 296 g/mol. The Labute approximate surface area is 137 Å². The smallest absolute Gasteiger partial charge is 0.242 e. The third-order valence-electron chi connectivity index (χ3n) is 5.91. The monoisotopic (exact) mass is 324 g/mol. The van der Waals surface area contributed by atoms with E-state index in [0.717, 1.165) is 32.5 Å². The van der Waals surface area contributed by atoms with Crippen molar-refractivity contribution in [3.05, 3.63) is 0 Å². The predicted octanol–water partition coefficient (Wildman–Crippen LogP) is 0.635. The highest BCUT2D eigenvalue weighted by molar-refractivity contribution is 5.86. The molecule has 1 N–H and O–H groups in total. The predicted molar refractivity (Wildman–Crippen MR) is 84.7 cm³/mol. The first-order valence-electron chi connectivity index (χ1n) is 8.86. The second-order valence-electron chi connectivity index (χ2n) is 7.29. The van der Waals surface area contributed by atoms with Crippen LogP contribution >= 0.6 is 0 Å². The lowest BCUT2D eigenvalue weighted by molar-refractivity contribution is -0.153. The van der Waals surface area contributed by atoms with Crippen molar-refractivity contribution in [1.82, 2.24) is 9.80 Å². The number of carbonyl (C=O) groups is 2. The van der Waals surface area contributed by atoms with E-state index in [0.29, 0.717) is 32.5 Å². The molecule has 0 radical (unpaired) electrons. The number of carbonyl (C=O) groups excluding carboxylic acids is 2. The van der Waals surface area contributed by atoms with Crippen LogP contribution in [0.3, 0.4) is 0 Å². The van der Waals surface area contributed by atoms with Gasteiger partial charge in [-0.15, -0.1) is 0 Å². The Hall–Kier alpha value is -1.14. The fourth-order valence-electron chi connectivity index (χ4n) is 4.31. The lowest BCUT2D eigenvalue weighted by Crippen LogP contribution is -2.57. The average molecular weight is 324 g/mol. The van der Waals surface area contributed by atoms with Crippen LogP contribution in [0.2, 0.25) is 0 Å². The number of amides is 2. The molecule has 2 atom stereocenters. The van der Waals surface area contributed by atoms with Gasteiger partial charge >= 0.3 is 0 Å². The largest absolute Gasteiger partial charge is 0.389 e. The molecule has 3 saturated heterocycles. The molecular formula is C17H28N2O4. The lowest BCUT2D eigenvalue weighted by Gasteiger charge is -2.48. The minimum Gasteiger partial charge on any atom is -0.389 e. The van der Waals surface area contributed by atoms with Crippen LogP contribution in [0.4, 0.5) is 0 Å². The van der Waals surface area contributed by atoms with E-state index in [4.69, 9.17) is 4.74 Å². The molecule has 3 heterocycles. The van der Waals surface area contributed by atoms with Gasteiger partial charge in [-0.05, 0) is 31.6 Å². The van der Waals surface area contributed by atoms with Crippen molar-refractivity contribution in [2.24, 2.45) is 11.8 Å². The van der Waals surface area contributed by atoms with E-state index in [1.807, 2.05) is 11.8 Å². The summed E-state index contributed by atoms with van der Waals surface area (Å²) >= 11 is 0. The second-order valence-corrected chi connectivity index (χ2v) is 7.29. The Balaban J connectivity index is 1.57. The average Bonchev–Trinajstić information content (AvgIpc) is 2.96. The van der Waals surface area contributed by atoms with Gasteiger partial charge in [0.05, 0.1) is 12.1 Å². The Morgan fingerprint density at radius 3 is 2.70 bits per heavy atom. The third-order valence-corrected chi connectivity index (χ3v) is 5.91. The van der Waals surface area contributed by atoms with Gasteiger partial charge in [0.15, 0.2) is 0 Å². The summed E-state index contributed by atoms with van der Waals surface area (Å²) in [5.74, 6) is 0.421. The van der Waals surface area contributed by atoms with Gasteiger partial charge in [-0.2, -0.15) is 0 Å². The van der Waals surface area contributed by atoms with Crippen LogP contribution in [0, 0.1) is 11.8 Å². The zero-order valence-corrected chi connectivity index (χ0v) is 14.0. The first-order chi connectivity index (χ1) is 11.0. The van der Waals surface area contributed by atoms with Crippen molar-refractivity contribution in [3.63, 3.8) is 0 Å². The van der Waals surface area contributed by atoms with Crippen molar-refractivity contribution in [1.29, 1.82) is 0 Å². The molecule has 0 bridgehead atoms. The summed E-state index contributed by atoms with van der Waals surface area (Å²) in [5.41, 5.74) is -0.690. The van der Waals surface area contributed by atoms with Gasteiger partial charge in [0.2, 0.25) is 11.8 Å². The van der Waals surface area contributed by atoms with Crippen LogP contribution < -0.4 is 0 Å². The number of nitrogens with zero attached hydrogens (tertiary/aromatic N) is 2. The molecule has 0 spiro atoms. The number of aliphatic hydroxyl groups is 1. The van der Waals surface area contributed by atoms with Crippen molar-refractivity contribution in [3.8, 4) is 0 Å². The molecule has 3 aliphatic rings. The van der Waals surface area contributed by atoms with Gasteiger partial charge in [0, 0.05) is 45.2 Å². The van der Waals surface area contributed by atoms with Crippen LogP contribution in [0.15, 0.2) is 0 Å². The number of hydrogen-bond donors (Lipinski definition) is 1. The molecule has 6 nitrogen and oxygen atoms in total. The van der Waals surface area contributed by atoms with Gasteiger partial charge < -0.3 is 19.6 Å². The molecule has 0 aromatic rings. The SMILES string of the molecule is CC1CN(C(=O)CN2CCCC2=O)CCC1(O)C1CCOCC1. The van der Waals surface area contributed by atoms with Crippen LogP contribution in [0.5, 0.6) is 0 Å². The van der Waals surface area contributed by atoms with E-state index in [9.17, 15) is 14.7 Å². The maximum atomic E-state index is 12.5.